The van der Waals surface area contributed by atoms with Crippen LogP contribution in [0.2, 0.25) is 0 Å². The summed E-state index contributed by atoms with van der Waals surface area (Å²) in [4.78, 5) is 36.9. The number of benzene rings is 2. The number of phenols is 2. The molecule has 30 heavy (non-hydrogen) atoms. The van der Waals surface area contributed by atoms with E-state index in [0.29, 0.717) is 11.1 Å². The number of methoxy groups -OCH3 is 2. The second-order valence-corrected chi connectivity index (χ2v) is 6.38. The third kappa shape index (κ3) is 5.57. The number of phenolic OH excluding ortho intramolecular Hbond substituents is 2. The molecule has 156 valence electrons. The van der Waals surface area contributed by atoms with Crippen molar-refractivity contribution in [3.8, 4) is 23.0 Å². The molecule has 0 aliphatic carbocycles. The van der Waals surface area contributed by atoms with E-state index in [0.717, 1.165) is 12.2 Å². The Balaban J connectivity index is 2.18. The predicted molar refractivity (Wildman–Crippen MR) is 112 cm³/mol. The Morgan fingerprint density at radius 2 is 1.20 bits per heavy atom. The summed E-state index contributed by atoms with van der Waals surface area (Å²) < 4.78 is 10.0. The third-order valence-electron chi connectivity index (χ3n) is 4.26. The minimum absolute atomic E-state index is 0.0474. The maximum absolute atomic E-state index is 12.5. The molecule has 0 aliphatic rings. The molecule has 0 saturated carbocycles. The van der Waals surface area contributed by atoms with Crippen LogP contribution in [-0.2, 0) is 14.4 Å². The number of Topliss-reactive ketones (excluding diaryl/α,β-unsaturated/α-hetero) is 1. The summed E-state index contributed by atoms with van der Waals surface area (Å²) in [6, 6.07) is 8.97. The molecule has 0 aromatic heterocycles. The van der Waals surface area contributed by atoms with Gasteiger partial charge in [-0.05, 0) is 54.5 Å². The lowest BCUT2D eigenvalue weighted by atomic mass is 9.93. The van der Waals surface area contributed by atoms with Crippen LogP contribution in [0.3, 0.4) is 0 Å². The van der Waals surface area contributed by atoms with Crippen LogP contribution in [-0.4, -0.2) is 41.8 Å². The van der Waals surface area contributed by atoms with Crippen LogP contribution in [0.25, 0.3) is 12.2 Å². The minimum Gasteiger partial charge on any atom is -0.504 e. The van der Waals surface area contributed by atoms with Gasteiger partial charge in [0.05, 0.1) is 14.2 Å². The van der Waals surface area contributed by atoms with Crippen molar-refractivity contribution < 1.29 is 34.1 Å². The van der Waals surface area contributed by atoms with E-state index in [9.17, 15) is 24.6 Å². The molecule has 0 saturated heterocycles. The van der Waals surface area contributed by atoms with Crippen molar-refractivity contribution in [1.82, 2.24) is 0 Å². The van der Waals surface area contributed by atoms with Crippen LogP contribution >= 0.6 is 0 Å². The Hall–Kier alpha value is -3.87. The van der Waals surface area contributed by atoms with Crippen molar-refractivity contribution >= 4 is 29.5 Å². The summed E-state index contributed by atoms with van der Waals surface area (Å²) in [5, 5.41) is 19.2. The Morgan fingerprint density at radius 1 is 0.800 bits per heavy atom. The van der Waals surface area contributed by atoms with E-state index in [4.69, 9.17) is 9.47 Å². The average molecular weight is 410 g/mol. The average Bonchev–Trinajstić information content (AvgIpc) is 2.72. The summed E-state index contributed by atoms with van der Waals surface area (Å²) in [6.07, 6.45) is 5.16. The molecule has 7 heteroatoms. The fourth-order valence-corrected chi connectivity index (χ4v) is 2.69. The number of ether oxygens (including phenoxy) is 2. The van der Waals surface area contributed by atoms with Crippen LogP contribution in [0.5, 0.6) is 23.0 Å². The zero-order valence-corrected chi connectivity index (χ0v) is 16.8. The van der Waals surface area contributed by atoms with Crippen molar-refractivity contribution in [3.63, 3.8) is 0 Å². The molecular formula is C23H22O7. The monoisotopic (exact) mass is 410 g/mol. The van der Waals surface area contributed by atoms with E-state index in [-0.39, 0.29) is 23.0 Å². The van der Waals surface area contributed by atoms with E-state index in [2.05, 4.69) is 0 Å². The fourth-order valence-electron chi connectivity index (χ4n) is 2.69. The van der Waals surface area contributed by atoms with Gasteiger partial charge in [0.1, 0.15) is 11.7 Å². The second kappa shape index (κ2) is 10.1. The molecule has 2 aromatic carbocycles. The first-order valence-electron chi connectivity index (χ1n) is 8.95. The minimum atomic E-state index is -1.46. The van der Waals surface area contributed by atoms with Gasteiger partial charge in [-0.1, -0.05) is 24.3 Å². The molecular weight excluding hydrogens is 388 g/mol. The maximum Gasteiger partial charge on any atom is 0.173 e. The van der Waals surface area contributed by atoms with E-state index in [1.807, 2.05) is 0 Å². The molecule has 0 amide bonds. The lowest BCUT2D eigenvalue weighted by Gasteiger charge is -2.07. The Kier molecular flexibility index (Phi) is 7.52. The SMILES string of the molecule is COc1cc(C=CC(=O)C(C(C)=O)C(=O)C=Cc2ccc(O)c(OC)c2)ccc1O. The highest BCUT2D eigenvalue weighted by molar-refractivity contribution is 6.25. The van der Waals surface area contributed by atoms with Gasteiger partial charge < -0.3 is 19.7 Å². The van der Waals surface area contributed by atoms with Crippen LogP contribution in [0.15, 0.2) is 48.6 Å². The number of allylic oxidation sites excluding steroid dienone is 2. The van der Waals surface area contributed by atoms with Crippen molar-refractivity contribution in [2.75, 3.05) is 14.2 Å². The van der Waals surface area contributed by atoms with Crippen molar-refractivity contribution in [3.05, 3.63) is 59.7 Å². The number of ketones is 3. The first-order valence-corrected chi connectivity index (χ1v) is 8.95. The van der Waals surface area contributed by atoms with Gasteiger partial charge in [0.15, 0.2) is 34.6 Å². The summed E-state index contributed by atoms with van der Waals surface area (Å²) in [5.74, 6) is -2.99. The number of carbonyl (C=O) groups excluding carboxylic acids is 3. The van der Waals surface area contributed by atoms with Gasteiger partial charge in [-0.2, -0.15) is 0 Å². The molecule has 0 aliphatic heterocycles. The first-order chi connectivity index (χ1) is 14.3. The normalized spacial score (nSPS) is 12.1. The topological polar surface area (TPSA) is 110 Å². The molecule has 0 fully saturated rings. The van der Waals surface area contributed by atoms with Crippen LogP contribution in [0.4, 0.5) is 0 Å². The molecule has 0 atom stereocenters. The lowest BCUT2D eigenvalue weighted by molar-refractivity contribution is -0.135. The summed E-state index contributed by atoms with van der Waals surface area (Å²) in [7, 11) is 2.79. The Bertz CT molecular complexity index is 943. The number of hydrogen-bond acceptors (Lipinski definition) is 7. The predicted octanol–water partition coefficient (Wildman–Crippen LogP) is 3.19. The van der Waals surface area contributed by atoms with Gasteiger partial charge in [-0.15, -0.1) is 0 Å². The van der Waals surface area contributed by atoms with Gasteiger partial charge in [-0.25, -0.2) is 0 Å². The van der Waals surface area contributed by atoms with E-state index in [1.54, 1.807) is 12.1 Å². The van der Waals surface area contributed by atoms with Crippen molar-refractivity contribution in [1.29, 1.82) is 0 Å². The van der Waals surface area contributed by atoms with E-state index < -0.39 is 23.3 Å². The van der Waals surface area contributed by atoms with Crippen LogP contribution < -0.4 is 9.47 Å². The van der Waals surface area contributed by atoms with E-state index in [1.165, 1.54) is 57.6 Å². The van der Waals surface area contributed by atoms with Crippen molar-refractivity contribution in [2.45, 2.75) is 6.92 Å². The lowest BCUT2D eigenvalue weighted by Crippen LogP contribution is -2.27. The standard InChI is InChI=1S/C23H22O7/c1-14(24)23(19(27)10-6-15-4-8-17(25)21(12-15)29-2)20(28)11-7-16-5-9-18(26)22(13-16)30-3/h4-13,23,25-26H,1-3H3. The molecule has 2 aromatic rings. The highest BCUT2D eigenvalue weighted by atomic mass is 16.5. The van der Waals surface area contributed by atoms with Gasteiger partial charge in [0, 0.05) is 0 Å². The van der Waals surface area contributed by atoms with E-state index >= 15 is 0 Å². The zero-order chi connectivity index (χ0) is 22.3. The quantitative estimate of drug-likeness (QED) is 0.482. The largest absolute Gasteiger partial charge is 0.504 e. The fraction of sp³-hybridized carbons (Fsp3) is 0.174. The highest BCUT2D eigenvalue weighted by Gasteiger charge is 2.27. The number of hydrogen-bond donors (Lipinski definition) is 2. The van der Waals surface area contributed by atoms with Gasteiger partial charge in [-0.3, -0.25) is 14.4 Å². The number of rotatable bonds is 9. The second-order valence-electron chi connectivity index (χ2n) is 6.38. The first kappa shape index (κ1) is 22.4. The molecule has 0 unspecified atom stereocenters. The molecule has 0 heterocycles. The molecule has 2 rings (SSSR count). The van der Waals surface area contributed by atoms with Gasteiger partial charge in [0.25, 0.3) is 0 Å². The van der Waals surface area contributed by atoms with Gasteiger partial charge in [0.2, 0.25) is 0 Å². The Morgan fingerprint density at radius 3 is 1.53 bits per heavy atom. The Labute approximate surface area is 173 Å². The molecule has 2 N–H and O–H groups in total. The highest BCUT2D eigenvalue weighted by Crippen LogP contribution is 2.27. The smallest absolute Gasteiger partial charge is 0.173 e. The molecule has 0 spiro atoms. The summed E-state index contributed by atoms with van der Waals surface area (Å²) in [5.41, 5.74) is 1.11. The number of aromatic hydroxyl groups is 2. The van der Waals surface area contributed by atoms with Gasteiger partial charge >= 0.3 is 0 Å². The van der Waals surface area contributed by atoms with Crippen LogP contribution in [0.1, 0.15) is 18.1 Å². The molecule has 7 nitrogen and oxygen atoms in total. The maximum atomic E-state index is 12.5. The third-order valence-corrected chi connectivity index (χ3v) is 4.26. The van der Waals surface area contributed by atoms with Crippen LogP contribution in [0, 0.1) is 5.92 Å². The van der Waals surface area contributed by atoms with Crippen molar-refractivity contribution in [2.24, 2.45) is 5.92 Å². The molecule has 0 bridgehead atoms. The summed E-state index contributed by atoms with van der Waals surface area (Å²) >= 11 is 0. The number of carbonyl (C=O) groups is 3. The zero-order valence-electron chi connectivity index (χ0n) is 16.8. The molecule has 0 radical (unpaired) electrons. The summed E-state index contributed by atoms with van der Waals surface area (Å²) in [6.45, 7) is 1.18.